The van der Waals surface area contributed by atoms with Gasteiger partial charge in [-0.15, -0.1) is 0 Å². The van der Waals surface area contributed by atoms with E-state index in [1.165, 1.54) is 18.2 Å². The average Bonchev–Trinajstić information content (AvgIpc) is 2.61. The second-order valence-corrected chi connectivity index (χ2v) is 7.13. The third-order valence-corrected chi connectivity index (χ3v) is 4.91. The first-order valence-corrected chi connectivity index (χ1v) is 9.31. The molecule has 2 aromatic rings. The lowest BCUT2D eigenvalue weighted by Crippen LogP contribution is -2.30. The third-order valence-electron chi connectivity index (χ3n) is 3.43. The minimum absolute atomic E-state index is 0.0492. The molecule has 0 spiro atoms. The van der Waals surface area contributed by atoms with E-state index < -0.39 is 28.4 Å². The molecule has 2 aromatic carbocycles. The zero-order valence-corrected chi connectivity index (χ0v) is 14.8. The van der Waals surface area contributed by atoms with Crippen LogP contribution >= 0.6 is 0 Å². The Labute approximate surface area is 154 Å². The summed E-state index contributed by atoms with van der Waals surface area (Å²) in [6, 6.07) is 10.2. The first kappa shape index (κ1) is 20.7. The van der Waals surface area contributed by atoms with Crippen molar-refractivity contribution in [2.45, 2.75) is 24.5 Å². The maximum Gasteiger partial charge on any atom is 0.387 e. The van der Waals surface area contributed by atoms with Crippen molar-refractivity contribution in [3.63, 3.8) is 0 Å². The number of alkyl halides is 2. The molecule has 0 aromatic heterocycles. The van der Waals surface area contributed by atoms with E-state index in [0.717, 1.165) is 24.3 Å². The van der Waals surface area contributed by atoms with Crippen molar-refractivity contribution in [2.24, 2.45) is 0 Å². The number of amides is 1. The normalized spacial score (nSPS) is 11.4. The highest BCUT2D eigenvalue weighted by atomic mass is 32.2. The average molecular weight is 402 g/mol. The number of ether oxygens (including phenoxy) is 1. The second-order valence-electron chi connectivity index (χ2n) is 5.36. The standard InChI is InChI=1S/C17H17F3N2O4S/c18-13-5-7-14(8-6-13)27(24,25)22-10-9-16(23)21-11-12-3-1-2-4-15(12)26-17(19)20/h1-8,17,22H,9-11H2,(H,21,23). The van der Waals surface area contributed by atoms with E-state index in [1.54, 1.807) is 6.07 Å². The van der Waals surface area contributed by atoms with Gasteiger partial charge in [0.15, 0.2) is 0 Å². The van der Waals surface area contributed by atoms with Gasteiger partial charge in [0.05, 0.1) is 4.90 Å². The maximum absolute atomic E-state index is 12.8. The molecule has 2 rings (SSSR count). The van der Waals surface area contributed by atoms with Gasteiger partial charge in [0.2, 0.25) is 15.9 Å². The number of benzene rings is 2. The largest absolute Gasteiger partial charge is 0.434 e. The molecule has 0 radical (unpaired) electrons. The lowest BCUT2D eigenvalue weighted by atomic mass is 10.2. The van der Waals surface area contributed by atoms with E-state index in [9.17, 15) is 26.4 Å². The number of rotatable bonds is 9. The molecule has 27 heavy (non-hydrogen) atoms. The topological polar surface area (TPSA) is 84.5 Å². The van der Waals surface area contributed by atoms with Crippen LogP contribution in [0.25, 0.3) is 0 Å². The van der Waals surface area contributed by atoms with Gasteiger partial charge in [-0.3, -0.25) is 4.79 Å². The van der Waals surface area contributed by atoms with Gasteiger partial charge in [-0.05, 0) is 30.3 Å². The van der Waals surface area contributed by atoms with E-state index >= 15 is 0 Å². The summed E-state index contributed by atoms with van der Waals surface area (Å²) in [4.78, 5) is 11.7. The molecule has 2 N–H and O–H groups in total. The van der Waals surface area contributed by atoms with Crippen LogP contribution < -0.4 is 14.8 Å². The summed E-state index contributed by atoms with van der Waals surface area (Å²) in [5, 5.41) is 2.50. The Morgan fingerprint density at radius 3 is 2.41 bits per heavy atom. The van der Waals surface area contributed by atoms with Crippen molar-refractivity contribution in [1.29, 1.82) is 0 Å². The highest BCUT2D eigenvalue weighted by molar-refractivity contribution is 7.89. The SMILES string of the molecule is O=C(CCNS(=O)(=O)c1ccc(F)cc1)NCc1ccccc1OC(F)F. The molecule has 0 aliphatic heterocycles. The smallest absolute Gasteiger partial charge is 0.387 e. The van der Waals surface area contributed by atoms with Gasteiger partial charge in [-0.1, -0.05) is 18.2 Å². The predicted octanol–water partition coefficient (Wildman–Crippen LogP) is 2.41. The van der Waals surface area contributed by atoms with Crippen molar-refractivity contribution in [2.75, 3.05) is 6.54 Å². The number of carbonyl (C=O) groups is 1. The molecule has 0 fully saturated rings. The van der Waals surface area contributed by atoms with Crippen LogP contribution in [0.2, 0.25) is 0 Å². The van der Waals surface area contributed by atoms with Gasteiger partial charge in [-0.25, -0.2) is 17.5 Å². The fourth-order valence-corrected chi connectivity index (χ4v) is 3.17. The van der Waals surface area contributed by atoms with E-state index in [2.05, 4.69) is 14.8 Å². The Hall–Kier alpha value is -2.59. The van der Waals surface area contributed by atoms with Crippen LogP contribution in [0.3, 0.4) is 0 Å². The van der Waals surface area contributed by atoms with Crippen molar-refractivity contribution in [3.8, 4) is 5.75 Å². The maximum atomic E-state index is 12.8. The van der Waals surface area contributed by atoms with Crippen LogP contribution in [-0.2, 0) is 21.4 Å². The number of nitrogens with one attached hydrogen (secondary N) is 2. The summed E-state index contributed by atoms with van der Waals surface area (Å²) in [5.41, 5.74) is 0.359. The summed E-state index contributed by atoms with van der Waals surface area (Å²) in [6.45, 7) is -3.21. The quantitative estimate of drug-likeness (QED) is 0.675. The monoisotopic (exact) mass is 402 g/mol. The Bertz CT molecular complexity index is 874. The zero-order valence-electron chi connectivity index (χ0n) is 14.0. The van der Waals surface area contributed by atoms with Crippen molar-refractivity contribution in [3.05, 3.63) is 59.9 Å². The number of hydrogen-bond acceptors (Lipinski definition) is 4. The lowest BCUT2D eigenvalue weighted by molar-refractivity contribution is -0.121. The summed E-state index contributed by atoms with van der Waals surface area (Å²) >= 11 is 0. The van der Waals surface area contributed by atoms with Gasteiger partial charge in [-0.2, -0.15) is 8.78 Å². The fourth-order valence-electron chi connectivity index (χ4n) is 2.14. The van der Waals surface area contributed by atoms with Crippen molar-refractivity contribution in [1.82, 2.24) is 10.0 Å². The number of sulfonamides is 1. The number of carbonyl (C=O) groups excluding carboxylic acids is 1. The minimum Gasteiger partial charge on any atom is -0.434 e. The Balaban J connectivity index is 1.82. The molecule has 0 aliphatic carbocycles. The number of hydrogen-bond donors (Lipinski definition) is 2. The molecular formula is C17H17F3N2O4S. The van der Waals surface area contributed by atoms with Gasteiger partial charge in [0, 0.05) is 25.1 Å². The minimum atomic E-state index is -3.86. The molecule has 0 saturated heterocycles. The molecule has 0 aliphatic rings. The molecule has 0 atom stereocenters. The summed E-state index contributed by atoms with van der Waals surface area (Å²) < 4.78 is 68.1. The van der Waals surface area contributed by atoms with E-state index in [4.69, 9.17) is 0 Å². The van der Waals surface area contributed by atoms with Crippen molar-refractivity contribution >= 4 is 15.9 Å². The highest BCUT2D eigenvalue weighted by Gasteiger charge is 2.14. The first-order chi connectivity index (χ1) is 12.8. The molecule has 0 saturated carbocycles. The molecule has 0 unspecified atom stereocenters. The molecule has 146 valence electrons. The highest BCUT2D eigenvalue weighted by Crippen LogP contribution is 2.19. The zero-order chi connectivity index (χ0) is 19.9. The fraction of sp³-hybridized carbons (Fsp3) is 0.235. The molecule has 1 amide bonds. The lowest BCUT2D eigenvalue weighted by Gasteiger charge is -2.11. The summed E-state index contributed by atoms with van der Waals surface area (Å²) in [7, 11) is -3.86. The van der Waals surface area contributed by atoms with Gasteiger partial charge in [0.1, 0.15) is 11.6 Å². The number of halogens is 3. The molecule has 0 heterocycles. The Morgan fingerprint density at radius 2 is 1.74 bits per heavy atom. The summed E-state index contributed by atoms with van der Waals surface area (Å²) in [6.07, 6.45) is -0.168. The van der Waals surface area contributed by atoms with Crippen LogP contribution in [0.4, 0.5) is 13.2 Å². The Kier molecular flexibility index (Phi) is 7.19. The van der Waals surface area contributed by atoms with E-state index in [-0.39, 0.29) is 30.2 Å². The van der Waals surface area contributed by atoms with Crippen LogP contribution in [0.15, 0.2) is 53.4 Å². The molecule has 6 nitrogen and oxygen atoms in total. The van der Waals surface area contributed by atoms with Gasteiger partial charge < -0.3 is 10.1 Å². The third kappa shape index (κ3) is 6.57. The molecule has 0 bridgehead atoms. The Morgan fingerprint density at radius 1 is 1.07 bits per heavy atom. The predicted molar refractivity (Wildman–Crippen MR) is 91.1 cm³/mol. The summed E-state index contributed by atoms with van der Waals surface area (Å²) in [5.74, 6) is -1.10. The molecular weight excluding hydrogens is 385 g/mol. The first-order valence-electron chi connectivity index (χ1n) is 7.82. The van der Waals surface area contributed by atoms with Crippen LogP contribution in [-0.4, -0.2) is 27.5 Å². The molecule has 10 heteroatoms. The van der Waals surface area contributed by atoms with Crippen LogP contribution in [0.1, 0.15) is 12.0 Å². The van der Waals surface area contributed by atoms with Crippen LogP contribution in [0, 0.1) is 5.82 Å². The van der Waals surface area contributed by atoms with E-state index in [0.29, 0.717) is 5.56 Å². The van der Waals surface area contributed by atoms with Crippen LogP contribution in [0.5, 0.6) is 5.75 Å². The van der Waals surface area contributed by atoms with Gasteiger partial charge in [0.25, 0.3) is 0 Å². The van der Waals surface area contributed by atoms with Crippen molar-refractivity contribution < 1.29 is 31.1 Å². The number of para-hydroxylation sites is 1. The van der Waals surface area contributed by atoms with Gasteiger partial charge >= 0.3 is 6.61 Å². The second kappa shape index (κ2) is 9.38. The van der Waals surface area contributed by atoms with E-state index in [1.807, 2.05) is 0 Å².